The third-order valence-corrected chi connectivity index (χ3v) is 6.31. The summed E-state index contributed by atoms with van der Waals surface area (Å²) in [5, 5.41) is 18.6. The van der Waals surface area contributed by atoms with Crippen LogP contribution in [0.2, 0.25) is 11.3 Å². The van der Waals surface area contributed by atoms with Gasteiger partial charge in [-0.1, -0.05) is 36.6 Å². The molecule has 4 N–H and O–H groups in total. The number of hydrogen-bond donors (Lipinski definition) is 3. The van der Waals surface area contributed by atoms with Crippen molar-refractivity contribution in [3.8, 4) is 0 Å². The molecule has 0 radical (unpaired) electrons. The fourth-order valence-corrected chi connectivity index (χ4v) is 4.79. The Morgan fingerprint density at radius 2 is 1.76 bits per heavy atom. The molecule has 0 amide bonds. The Morgan fingerprint density at radius 3 is 2.36 bits per heavy atom. The zero-order chi connectivity index (χ0) is 17.8. The Bertz CT molecular complexity index is 529. The van der Waals surface area contributed by atoms with E-state index in [0.29, 0.717) is 24.3 Å². The highest BCUT2D eigenvalue weighted by Crippen LogP contribution is 2.41. The zero-order valence-corrected chi connectivity index (χ0v) is 15.6. The van der Waals surface area contributed by atoms with Crippen LogP contribution in [0, 0.1) is 5.92 Å². The number of halogens is 1. The summed E-state index contributed by atoms with van der Waals surface area (Å²) >= 11 is 5.99. The van der Waals surface area contributed by atoms with Crippen molar-refractivity contribution < 1.29 is 10.0 Å². The summed E-state index contributed by atoms with van der Waals surface area (Å²) in [6, 6.07) is 9.78. The molecule has 1 aromatic carbocycles. The van der Waals surface area contributed by atoms with Crippen LogP contribution in [0.15, 0.2) is 24.3 Å². The number of benzene rings is 1. The quantitative estimate of drug-likeness (QED) is 0.490. The van der Waals surface area contributed by atoms with Gasteiger partial charge in [0.25, 0.3) is 0 Å². The molecule has 0 saturated carbocycles. The van der Waals surface area contributed by atoms with E-state index in [2.05, 4.69) is 17.0 Å². The van der Waals surface area contributed by atoms with Crippen molar-refractivity contribution in [1.29, 1.82) is 0 Å². The fraction of sp³-hybridized carbons (Fsp3) is 0.684. The first-order valence-electron chi connectivity index (χ1n) is 9.65. The van der Waals surface area contributed by atoms with Crippen LogP contribution in [-0.4, -0.2) is 40.2 Å². The molecule has 4 nitrogen and oxygen atoms in total. The van der Waals surface area contributed by atoms with E-state index in [1.54, 1.807) is 0 Å². The van der Waals surface area contributed by atoms with Crippen molar-refractivity contribution in [3.63, 3.8) is 0 Å². The van der Waals surface area contributed by atoms with Crippen LogP contribution in [0.5, 0.6) is 0 Å². The van der Waals surface area contributed by atoms with E-state index in [-0.39, 0.29) is 6.04 Å². The molecule has 3 rings (SSSR count). The summed E-state index contributed by atoms with van der Waals surface area (Å²) in [6.07, 6.45) is 8.26. The molecule has 25 heavy (non-hydrogen) atoms. The first-order chi connectivity index (χ1) is 12.0. The largest absolute Gasteiger partial charge is 0.451 e. The zero-order valence-electron chi connectivity index (χ0n) is 14.9. The normalized spacial score (nSPS) is 27.4. The van der Waals surface area contributed by atoms with Crippen molar-refractivity contribution in [2.24, 2.45) is 11.7 Å². The third kappa shape index (κ3) is 5.21. The monoisotopic (exact) mass is 364 g/mol. The number of hydrogen-bond acceptors (Lipinski definition) is 4. The highest BCUT2D eigenvalue weighted by atomic mass is 35.5. The number of nitrogens with zero attached hydrogens (tertiary/aromatic N) is 1. The number of fused-ring (bicyclic) bond motifs is 2. The van der Waals surface area contributed by atoms with Crippen LogP contribution in [0.25, 0.3) is 0 Å². The number of piperidine rings is 1. The number of rotatable bonds is 8. The molecular formula is C19H30BClN2O2. The van der Waals surface area contributed by atoms with Gasteiger partial charge in [-0.2, -0.15) is 0 Å². The highest BCUT2D eigenvalue weighted by Gasteiger charge is 2.41. The van der Waals surface area contributed by atoms with Crippen LogP contribution >= 0.6 is 11.6 Å². The first kappa shape index (κ1) is 19.2. The second-order valence-electron chi connectivity index (χ2n) is 7.84. The highest BCUT2D eigenvalue weighted by molar-refractivity contribution is 6.40. The Morgan fingerprint density at radius 1 is 1.12 bits per heavy atom. The smallest absolute Gasteiger partial charge is 0.427 e. The average Bonchev–Trinajstić information content (AvgIpc) is 2.81. The van der Waals surface area contributed by atoms with E-state index in [9.17, 15) is 0 Å². The van der Waals surface area contributed by atoms with Gasteiger partial charge in [0, 0.05) is 29.7 Å². The van der Waals surface area contributed by atoms with Gasteiger partial charge in [0.2, 0.25) is 0 Å². The molecular weight excluding hydrogens is 334 g/mol. The lowest BCUT2D eigenvalue weighted by Gasteiger charge is -2.41. The second-order valence-corrected chi connectivity index (χ2v) is 8.28. The lowest BCUT2D eigenvalue weighted by Crippen LogP contribution is -2.46. The Kier molecular flexibility index (Phi) is 6.81. The van der Waals surface area contributed by atoms with Gasteiger partial charge in [-0.25, -0.2) is 0 Å². The van der Waals surface area contributed by atoms with Gasteiger partial charge >= 0.3 is 7.12 Å². The van der Waals surface area contributed by atoms with Crippen molar-refractivity contribution in [2.45, 2.75) is 75.9 Å². The van der Waals surface area contributed by atoms with E-state index in [4.69, 9.17) is 27.4 Å². The molecule has 0 aliphatic carbocycles. The summed E-state index contributed by atoms with van der Waals surface area (Å²) in [7, 11) is -1.18. The van der Waals surface area contributed by atoms with Crippen molar-refractivity contribution >= 4 is 18.7 Å². The Balaban J connectivity index is 1.48. The molecule has 6 heteroatoms. The Hall–Kier alpha value is -0.585. The average molecular weight is 365 g/mol. The topological polar surface area (TPSA) is 69.7 Å². The summed E-state index contributed by atoms with van der Waals surface area (Å²) < 4.78 is 0. The minimum Gasteiger partial charge on any atom is -0.427 e. The minimum atomic E-state index is -1.18. The van der Waals surface area contributed by atoms with Gasteiger partial charge < -0.3 is 15.8 Å². The molecule has 1 aromatic rings. The van der Waals surface area contributed by atoms with Gasteiger partial charge in [0.15, 0.2) is 0 Å². The summed E-state index contributed by atoms with van der Waals surface area (Å²) in [5.74, 6) is 0.609. The van der Waals surface area contributed by atoms with Crippen molar-refractivity contribution in [1.82, 2.24) is 4.90 Å². The van der Waals surface area contributed by atoms with Gasteiger partial charge in [0.1, 0.15) is 0 Å². The predicted molar refractivity (Wildman–Crippen MR) is 103 cm³/mol. The summed E-state index contributed by atoms with van der Waals surface area (Å²) in [5.41, 5.74) is 7.81. The number of nitrogens with two attached hydrogens (primary N) is 1. The lowest BCUT2D eigenvalue weighted by molar-refractivity contribution is 0.0845. The molecule has 3 unspecified atom stereocenters. The number of unbranched alkanes of at least 4 members (excludes halogenated alkanes) is 1. The molecule has 2 aliphatic rings. The fourth-order valence-electron chi connectivity index (χ4n) is 4.67. The minimum absolute atomic E-state index is 0.247. The standard InChI is InChI=1S/C19H30BClN2O2/c21-16-6-4-14(5-7-16)13-23-17-8-9-18(23)12-15(11-17)19(22)3-1-2-10-20(24)25/h4-7,15,17-19,24-25H,1-3,8-13,22H2. The van der Waals surface area contributed by atoms with Gasteiger partial charge in [0.05, 0.1) is 0 Å². The van der Waals surface area contributed by atoms with Crippen molar-refractivity contribution in [2.75, 3.05) is 0 Å². The maximum absolute atomic E-state index is 8.92. The molecule has 2 aliphatic heterocycles. The van der Waals surface area contributed by atoms with E-state index in [1.165, 1.54) is 31.2 Å². The van der Waals surface area contributed by atoms with Crippen LogP contribution in [0.3, 0.4) is 0 Å². The van der Waals surface area contributed by atoms with Crippen LogP contribution in [0.4, 0.5) is 0 Å². The molecule has 2 heterocycles. The Labute approximate surface area is 156 Å². The van der Waals surface area contributed by atoms with E-state index in [1.807, 2.05) is 12.1 Å². The molecule has 138 valence electrons. The molecule has 2 fully saturated rings. The maximum Gasteiger partial charge on any atom is 0.451 e. The SMILES string of the molecule is NC(CCCCB(O)O)C1CC2CCC(C1)N2Cc1ccc(Cl)cc1. The second kappa shape index (κ2) is 8.87. The lowest BCUT2D eigenvalue weighted by atomic mass is 9.80. The van der Waals surface area contributed by atoms with Gasteiger partial charge in [-0.05, 0) is 62.0 Å². The molecule has 0 aromatic heterocycles. The molecule has 0 spiro atoms. The third-order valence-electron chi connectivity index (χ3n) is 6.05. The summed E-state index contributed by atoms with van der Waals surface area (Å²) in [6.45, 7) is 1.02. The van der Waals surface area contributed by atoms with E-state index in [0.717, 1.165) is 30.8 Å². The predicted octanol–water partition coefficient (Wildman–Crippen LogP) is 3.05. The molecule has 3 atom stereocenters. The maximum atomic E-state index is 8.92. The van der Waals surface area contributed by atoms with E-state index < -0.39 is 7.12 Å². The first-order valence-corrected chi connectivity index (χ1v) is 10.0. The van der Waals surface area contributed by atoms with E-state index >= 15 is 0 Å². The summed E-state index contributed by atoms with van der Waals surface area (Å²) in [4.78, 5) is 2.68. The molecule has 2 bridgehead atoms. The molecule has 2 saturated heterocycles. The van der Waals surface area contributed by atoms with Gasteiger partial charge in [-0.3, -0.25) is 4.90 Å². The van der Waals surface area contributed by atoms with Crippen LogP contribution in [0.1, 0.15) is 50.5 Å². The van der Waals surface area contributed by atoms with Crippen molar-refractivity contribution in [3.05, 3.63) is 34.9 Å². The van der Waals surface area contributed by atoms with Crippen LogP contribution in [-0.2, 0) is 6.54 Å². The van der Waals surface area contributed by atoms with Gasteiger partial charge in [-0.15, -0.1) is 0 Å². The van der Waals surface area contributed by atoms with Crippen LogP contribution < -0.4 is 5.73 Å².